The van der Waals surface area contributed by atoms with E-state index in [0.717, 1.165) is 12.1 Å². The molecule has 2 aliphatic rings. The zero-order valence-corrected chi connectivity index (χ0v) is 14.4. The number of rotatable bonds is 1. The zero-order valence-electron chi connectivity index (χ0n) is 12.9. The molecule has 0 fully saturated rings. The number of hydrazine groups is 2. The fourth-order valence-electron chi connectivity index (χ4n) is 2.83. The Morgan fingerprint density at radius 1 is 1.00 bits per heavy atom. The van der Waals surface area contributed by atoms with Crippen LogP contribution in [0.15, 0.2) is 60.1 Å². The number of halogens is 5. The molecule has 4 rings (SSSR count). The number of fused-ring (bicyclic) bond motifs is 3. The topological polar surface area (TPSA) is 38.7 Å². The summed E-state index contributed by atoms with van der Waals surface area (Å²) in [5.74, 6) is -0.782. The van der Waals surface area contributed by atoms with E-state index < -0.39 is 17.6 Å². The highest BCUT2D eigenvalue weighted by atomic mass is 79.9. The number of aliphatic hydroxyl groups excluding tert-OH is 1. The van der Waals surface area contributed by atoms with Gasteiger partial charge in [-0.15, -0.1) is 5.53 Å². The van der Waals surface area contributed by atoms with Crippen molar-refractivity contribution in [2.24, 2.45) is 0 Å². The molecule has 0 saturated carbocycles. The van der Waals surface area contributed by atoms with E-state index in [2.05, 4.69) is 21.5 Å². The van der Waals surface area contributed by atoms with Gasteiger partial charge in [-0.25, -0.2) is 14.4 Å². The van der Waals surface area contributed by atoms with E-state index in [-0.39, 0.29) is 23.0 Å². The van der Waals surface area contributed by atoms with Crippen molar-refractivity contribution < 1.29 is 22.7 Å². The third kappa shape index (κ3) is 2.55. The number of para-hydroxylation sites is 1. The zero-order chi connectivity index (χ0) is 18.6. The Kier molecular flexibility index (Phi) is 3.74. The Morgan fingerprint density at radius 3 is 2.35 bits per heavy atom. The summed E-state index contributed by atoms with van der Waals surface area (Å²) >= 11 is 3.34. The van der Waals surface area contributed by atoms with Crippen LogP contribution in [0.4, 0.5) is 28.9 Å². The summed E-state index contributed by atoms with van der Waals surface area (Å²) in [6, 6.07) is 8.79. The predicted octanol–water partition coefficient (Wildman–Crippen LogP) is 5.07. The summed E-state index contributed by atoms with van der Waals surface area (Å²) in [6.07, 6.45) is -2.86. The van der Waals surface area contributed by atoms with Gasteiger partial charge < -0.3 is 5.11 Å². The van der Waals surface area contributed by atoms with Gasteiger partial charge in [0.2, 0.25) is 5.88 Å². The minimum absolute atomic E-state index is 0.192. The largest absolute Gasteiger partial charge is 0.492 e. The monoisotopic (exact) mass is 427 g/mol. The molecule has 0 unspecified atom stereocenters. The molecule has 0 radical (unpaired) electrons. The molecular weight excluding hydrogens is 418 g/mol. The molecular formula is C17H10BrF4N3O. The normalized spacial score (nSPS) is 16.6. The van der Waals surface area contributed by atoms with Crippen LogP contribution in [0.5, 0.6) is 0 Å². The van der Waals surface area contributed by atoms with E-state index in [1.165, 1.54) is 28.2 Å². The van der Waals surface area contributed by atoms with Gasteiger partial charge in [-0.1, -0.05) is 28.1 Å². The summed E-state index contributed by atoms with van der Waals surface area (Å²) in [5, 5.41) is 13.0. The second kappa shape index (κ2) is 5.75. The third-order valence-electron chi connectivity index (χ3n) is 4.07. The van der Waals surface area contributed by atoms with Gasteiger partial charge in [0.05, 0.1) is 11.3 Å². The van der Waals surface area contributed by atoms with Crippen LogP contribution in [0.3, 0.4) is 0 Å². The van der Waals surface area contributed by atoms with Gasteiger partial charge in [0.1, 0.15) is 17.2 Å². The van der Waals surface area contributed by atoms with Crippen molar-refractivity contribution in [1.82, 2.24) is 5.53 Å². The molecule has 4 nitrogen and oxygen atoms in total. The van der Waals surface area contributed by atoms with Gasteiger partial charge in [-0.3, -0.25) is 0 Å². The molecule has 0 spiro atoms. The SMILES string of the molecule is OC1=C2C=C(Br)c3cccc(F)c3N2NN1c1ccc(C(F)(F)F)cc1. The van der Waals surface area contributed by atoms with Gasteiger partial charge in [-0.05, 0) is 36.4 Å². The van der Waals surface area contributed by atoms with Crippen LogP contribution < -0.4 is 15.6 Å². The van der Waals surface area contributed by atoms with Gasteiger partial charge in [0.15, 0.2) is 0 Å². The molecule has 0 aromatic heterocycles. The van der Waals surface area contributed by atoms with Gasteiger partial charge in [0.25, 0.3) is 0 Å². The first kappa shape index (κ1) is 16.9. The standard InChI is InChI=1S/C17H10BrF4N3O/c18-12-8-14-16(26)24(10-6-4-9(5-7-10)17(20,21)22)23-25(14)15-11(12)2-1-3-13(15)19/h1-8,23,26H. The minimum Gasteiger partial charge on any atom is -0.492 e. The molecule has 0 bridgehead atoms. The fourth-order valence-corrected chi connectivity index (χ4v) is 3.36. The number of hydrogen-bond donors (Lipinski definition) is 2. The van der Waals surface area contributed by atoms with Crippen LogP contribution >= 0.6 is 15.9 Å². The smallest absolute Gasteiger partial charge is 0.416 e. The lowest BCUT2D eigenvalue weighted by Gasteiger charge is -2.28. The first-order valence-electron chi connectivity index (χ1n) is 7.40. The molecule has 2 aliphatic heterocycles. The van der Waals surface area contributed by atoms with Crippen LogP contribution in [-0.4, -0.2) is 5.11 Å². The van der Waals surface area contributed by atoms with E-state index in [0.29, 0.717) is 10.0 Å². The summed E-state index contributed by atoms with van der Waals surface area (Å²) in [4.78, 5) is 0. The second-order valence-corrected chi connectivity index (χ2v) is 6.51. The first-order valence-corrected chi connectivity index (χ1v) is 8.20. The molecule has 0 amide bonds. The van der Waals surface area contributed by atoms with Crippen molar-refractivity contribution in [3.63, 3.8) is 0 Å². The van der Waals surface area contributed by atoms with E-state index in [1.54, 1.807) is 18.2 Å². The first-order chi connectivity index (χ1) is 12.3. The molecule has 0 atom stereocenters. The van der Waals surface area contributed by atoms with E-state index in [1.807, 2.05) is 0 Å². The number of nitrogens with zero attached hydrogens (tertiary/aromatic N) is 2. The molecule has 134 valence electrons. The minimum atomic E-state index is -4.45. The molecule has 0 saturated heterocycles. The van der Waals surface area contributed by atoms with Crippen molar-refractivity contribution in [3.05, 3.63) is 77.1 Å². The molecule has 9 heteroatoms. The fraction of sp³-hybridized carbons (Fsp3) is 0.0588. The van der Waals surface area contributed by atoms with Gasteiger partial charge in [-0.2, -0.15) is 13.2 Å². The number of anilines is 2. The van der Waals surface area contributed by atoms with Crippen LogP contribution in [0, 0.1) is 5.82 Å². The maximum Gasteiger partial charge on any atom is 0.416 e. The average molecular weight is 428 g/mol. The van der Waals surface area contributed by atoms with Crippen molar-refractivity contribution >= 4 is 31.8 Å². The Hall–Kier alpha value is -2.52. The lowest BCUT2D eigenvalue weighted by Crippen LogP contribution is -2.43. The van der Waals surface area contributed by atoms with Crippen LogP contribution in [0.1, 0.15) is 11.1 Å². The molecule has 2 heterocycles. The van der Waals surface area contributed by atoms with E-state index >= 15 is 0 Å². The van der Waals surface area contributed by atoms with Gasteiger partial charge >= 0.3 is 6.18 Å². The second-order valence-electron chi connectivity index (χ2n) is 5.65. The van der Waals surface area contributed by atoms with E-state index in [9.17, 15) is 22.7 Å². The maximum absolute atomic E-state index is 14.3. The molecule has 26 heavy (non-hydrogen) atoms. The average Bonchev–Trinajstić information content (AvgIpc) is 2.91. The molecule has 2 aromatic carbocycles. The Bertz CT molecular complexity index is 953. The van der Waals surface area contributed by atoms with Crippen LogP contribution in [-0.2, 0) is 6.18 Å². The number of allylic oxidation sites excluding steroid dienone is 1. The number of nitrogens with one attached hydrogen (secondary N) is 1. The summed E-state index contributed by atoms with van der Waals surface area (Å²) < 4.78 is 53.1. The number of benzene rings is 2. The number of alkyl halides is 3. The Morgan fingerprint density at radius 2 is 1.69 bits per heavy atom. The lowest BCUT2D eigenvalue weighted by molar-refractivity contribution is -0.137. The van der Waals surface area contributed by atoms with E-state index in [4.69, 9.17) is 0 Å². The predicted molar refractivity (Wildman–Crippen MR) is 92.5 cm³/mol. The highest BCUT2D eigenvalue weighted by Gasteiger charge is 2.36. The van der Waals surface area contributed by atoms with Crippen molar-refractivity contribution in [2.45, 2.75) is 6.18 Å². The molecule has 0 aliphatic carbocycles. The van der Waals surface area contributed by atoms with Gasteiger partial charge in [0, 0.05) is 10.0 Å². The Balaban J connectivity index is 1.75. The highest BCUT2D eigenvalue weighted by molar-refractivity contribution is 9.15. The maximum atomic E-state index is 14.3. The van der Waals surface area contributed by atoms with Crippen molar-refractivity contribution in [1.29, 1.82) is 0 Å². The number of aliphatic hydroxyl groups is 1. The Labute approximate surface area is 153 Å². The van der Waals surface area contributed by atoms with Crippen LogP contribution in [0.25, 0.3) is 4.48 Å². The molecule has 2 aromatic rings. The summed E-state index contributed by atoms with van der Waals surface area (Å²) in [5.41, 5.74) is 3.28. The third-order valence-corrected chi connectivity index (χ3v) is 4.72. The summed E-state index contributed by atoms with van der Waals surface area (Å²) in [7, 11) is 0. The van der Waals surface area contributed by atoms with Crippen molar-refractivity contribution in [2.75, 3.05) is 10.0 Å². The highest BCUT2D eigenvalue weighted by Crippen LogP contribution is 2.43. The summed E-state index contributed by atoms with van der Waals surface area (Å²) in [6.45, 7) is 0. The molecule has 2 N–H and O–H groups in total. The quantitative estimate of drug-likeness (QED) is 0.623. The number of hydrogen-bond acceptors (Lipinski definition) is 4. The van der Waals surface area contributed by atoms with Crippen LogP contribution in [0.2, 0.25) is 0 Å². The lowest BCUT2D eigenvalue weighted by atomic mass is 10.1. The van der Waals surface area contributed by atoms with Crippen molar-refractivity contribution in [3.8, 4) is 0 Å².